The van der Waals surface area contributed by atoms with Crippen molar-refractivity contribution in [2.45, 2.75) is 31.6 Å². The van der Waals surface area contributed by atoms with E-state index in [-0.39, 0.29) is 36.4 Å². The summed E-state index contributed by atoms with van der Waals surface area (Å²) in [5.41, 5.74) is 0.761. The zero-order chi connectivity index (χ0) is 18.4. The molecule has 1 amide bonds. The summed E-state index contributed by atoms with van der Waals surface area (Å²) in [7, 11) is -3.65. The number of hydrogen-bond acceptors (Lipinski definition) is 5. The van der Waals surface area contributed by atoms with E-state index in [2.05, 4.69) is 5.32 Å². The largest absolute Gasteiger partial charge is 0.494 e. The van der Waals surface area contributed by atoms with Crippen LogP contribution in [0.15, 0.2) is 23.1 Å². The molecule has 1 aromatic carbocycles. The van der Waals surface area contributed by atoms with Gasteiger partial charge in [0.2, 0.25) is 15.9 Å². The zero-order valence-corrected chi connectivity index (χ0v) is 15.5. The van der Waals surface area contributed by atoms with Gasteiger partial charge in [-0.3, -0.25) is 4.79 Å². The van der Waals surface area contributed by atoms with Crippen molar-refractivity contribution in [1.82, 2.24) is 9.62 Å². The summed E-state index contributed by atoms with van der Waals surface area (Å²) in [6.07, 6.45) is 1.28. The van der Waals surface area contributed by atoms with Gasteiger partial charge in [0.05, 0.1) is 24.0 Å². The smallest absolute Gasteiger partial charge is 0.243 e. The molecule has 0 aliphatic carbocycles. The van der Waals surface area contributed by atoms with Crippen LogP contribution in [0.2, 0.25) is 0 Å². The van der Waals surface area contributed by atoms with Crippen LogP contribution in [0.1, 0.15) is 25.3 Å². The van der Waals surface area contributed by atoms with Crippen molar-refractivity contribution in [1.29, 1.82) is 0 Å². The van der Waals surface area contributed by atoms with Crippen LogP contribution in [-0.4, -0.2) is 56.6 Å². The van der Waals surface area contributed by atoms with Crippen LogP contribution in [0.25, 0.3) is 0 Å². The lowest BCUT2D eigenvalue weighted by Gasteiger charge is -2.31. The Labute approximate surface area is 149 Å². The Bertz CT molecular complexity index is 705. The van der Waals surface area contributed by atoms with Crippen LogP contribution in [0, 0.1) is 12.8 Å². The molecule has 1 aromatic rings. The Morgan fingerprint density at radius 1 is 1.44 bits per heavy atom. The van der Waals surface area contributed by atoms with Gasteiger partial charge in [-0.05, 0) is 50.5 Å². The summed E-state index contributed by atoms with van der Waals surface area (Å²) >= 11 is 0. The summed E-state index contributed by atoms with van der Waals surface area (Å²) in [6, 6.07) is 4.82. The molecule has 140 valence electrons. The first-order valence-corrected chi connectivity index (χ1v) is 9.96. The molecule has 1 aliphatic rings. The first-order valence-electron chi connectivity index (χ1n) is 8.52. The standard InChI is InChI=1S/C17H26N2O5S/c1-3-24-16-7-6-15(11-13(16)2)25(22,23)19-9-4-5-14(12-19)17(21)18-8-10-20/h6-7,11,14,20H,3-5,8-10,12H2,1-2H3,(H,18,21)/t14-/m0/s1. The Balaban J connectivity index is 2.15. The summed E-state index contributed by atoms with van der Waals surface area (Å²) in [5, 5.41) is 11.4. The molecule has 0 aromatic heterocycles. The lowest BCUT2D eigenvalue weighted by Crippen LogP contribution is -2.45. The van der Waals surface area contributed by atoms with Gasteiger partial charge in [-0.15, -0.1) is 0 Å². The maximum Gasteiger partial charge on any atom is 0.243 e. The Morgan fingerprint density at radius 2 is 2.20 bits per heavy atom. The molecular weight excluding hydrogens is 344 g/mol. The number of nitrogens with zero attached hydrogens (tertiary/aromatic N) is 1. The van der Waals surface area contributed by atoms with Gasteiger partial charge >= 0.3 is 0 Å². The van der Waals surface area contributed by atoms with E-state index in [1.807, 2.05) is 13.8 Å². The van der Waals surface area contributed by atoms with E-state index in [9.17, 15) is 13.2 Å². The summed E-state index contributed by atoms with van der Waals surface area (Å²) < 4.78 is 32.6. The minimum Gasteiger partial charge on any atom is -0.494 e. The van der Waals surface area contributed by atoms with Crippen molar-refractivity contribution in [2.75, 3.05) is 32.8 Å². The van der Waals surface area contributed by atoms with Gasteiger partial charge < -0.3 is 15.2 Å². The molecule has 25 heavy (non-hydrogen) atoms. The fourth-order valence-corrected chi connectivity index (χ4v) is 4.56. The molecule has 2 rings (SSSR count). The van der Waals surface area contributed by atoms with E-state index in [0.717, 1.165) is 5.56 Å². The molecule has 0 spiro atoms. The third-order valence-electron chi connectivity index (χ3n) is 4.25. The van der Waals surface area contributed by atoms with Crippen LogP contribution >= 0.6 is 0 Å². The Kier molecular flexibility index (Phi) is 6.80. The average molecular weight is 370 g/mol. The molecule has 1 aliphatic heterocycles. The lowest BCUT2D eigenvalue weighted by molar-refractivity contribution is -0.126. The number of sulfonamides is 1. The maximum atomic E-state index is 12.9. The molecule has 0 saturated carbocycles. The third kappa shape index (κ3) is 4.71. The minimum atomic E-state index is -3.65. The molecule has 0 unspecified atom stereocenters. The van der Waals surface area contributed by atoms with Crippen molar-refractivity contribution in [2.24, 2.45) is 5.92 Å². The van der Waals surface area contributed by atoms with Crippen molar-refractivity contribution >= 4 is 15.9 Å². The number of benzene rings is 1. The van der Waals surface area contributed by atoms with Crippen LogP contribution in [0.5, 0.6) is 5.75 Å². The molecule has 1 atom stereocenters. The molecule has 0 radical (unpaired) electrons. The van der Waals surface area contributed by atoms with Gasteiger partial charge in [0.25, 0.3) is 0 Å². The summed E-state index contributed by atoms with van der Waals surface area (Å²) in [6.45, 7) is 4.81. The van der Waals surface area contributed by atoms with Crippen molar-refractivity contribution < 1.29 is 23.1 Å². The van der Waals surface area contributed by atoms with Gasteiger partial charge in [0.15, 0.2) is 0 Å². The lowest BCUT2D eigenvalue weighted by atomic mass is 9.99. The molecule has 0 bridgehead atoms. The minimum absolute atomic E-state index is 0.133. The average Bonchev–Trinajstić information content (AvgIpc) is 2.61. The fraction of sp³-hybridized carbons (Fsp3) is 0.588. The highest BCUT2D eigenvalue weighted by Crippen LogP contribution is 2.27. The summed E-state index contributed by atoms with van der Waals surface area (Å²) in [5.74, 6) is 0.0667. The highest BCUT2D eigenvalue weighted by atomic mass is 32.2. The van der Waals surface area contributed by atoms with Crippen LogP contribution in [0.4, 0.5) is 0 Å². The number of nitrogens with one attached hydrogen (secondary N) is 1. The van der Waals surface area contributed by atoms with E-state index >= 15 is 0 Å². The first kappa shape index (κ1) is 19.7. The van der Waals surface area contributed by atoms with E-state index in [0.29, 0.717) is 31.7 Å². The predicted molar refractivity (Wildman–Crippen MR) is 93.9 cm³/mol. The van der Waals surface area contributed by atoms with Gasteiger partial charge in [-0.2, -0.15) is 4.31 Å². The number of aliphatic hydroxyl groups is 1. The van der Waals surface area contributed by atoms with Crippen LogP contribution in [0.3, 0.4) is 0 Å². The predicted octanol–water partition coefficient (Wildman–Crippen LogP) is 0.903. The highest BCUT2D eigenvalue weighted by Gasteiger charge is 2.33. The van der Waals surface area contributed by atoms with Gasteiger partial charge in [-0.1, -0.05) is 0 Å². The first-order chi connectivity index (χ1) is 11.9. The number of carbonyl (C=O) groups is 1. The third-order valence-corrected chi connectivity index (χ3v) is 6.11. The van der Waals surface area contributed by atoms with E-state index < -0.39 is 10.0 Å². The number of aliphatic hydroxyl groups excluding tert-OH is 1. The van der Waals surface area contributed by atoms with Gasteiger partial charge in [0.1, 0.15) is 5.75 Å². The number of aryl methyl sites for hydroxylation is 1. The maximum absolute atomic E-state index is 12.9. The molecule has 1 saturated heterocycles. The second-order valence-electron chi connectivity index (χ2n) is 6.08. The van der Waals surface area contributed by atoms with E-state index in [1.165, 1.54) is 4.31 Å². The normalized spacial score (nSPS) is 18.8. The molecule has 1 heterocycles. The van der Waals surface area contributed by atoms with Crippen molar-refractivity contribution in [3.63, 3.8) is 0 Å². The zero-order valence-electron chi connectivity index (χ0n) is 14.7. The highest BCUT2D eigenvalue weighted by molar-refractivity contribution is 7.89. The topological polar surface area (TPSA) is 95.9 Å². The monoisotopic (exact) mass is 370 g/mol. The number of carbonyl (C=O) groups excluding carboxylic acids is 1. The number of hydrogen-bond donors (Lipinski definition) is 2. The molecular formula is C17H26N2O5S. The second kappa shape index (κ2) is 8.64. The van der Waals surface area contributed by atoms with Gasteiger partial charge in [0, 0.05) is 19.6 Å². The number of ether oxygens (including phenoxy) is 1. The Hall–Kier alpha value is -1.64. The second-order valence-corrected chi connectivity index (χ2v) is 8.02. The number of piperidine rings is 1. The molecule has 8 heteroatoms. The van der Waals surface area contributed by atoms with E-state index in [4.69, 9.17) is 9.84 Å². The van der Waals surface area contributed by atoms with E-state index in [1.54, 1.807) is 18.2 Å². The molecule has 7 nitrogen and oxygen atoms in total. The Morgan fingerprint density at radius 3 is 2.84 bits per heavy atom. The van der Waals surface area contributed by atoms with Crippen LogP contribution in [-0.2, 0) is 14.8 Å². The number of rotatable bonds is 7. The molecule has 2 N–H and O–H groups in total. The van der Waals surface area contributed by atoms with Crippen LogP contribution < -0.4 is 10.1 Å². The van der Waals surface area contributed by atoms with Crippen molar-refractivity contribution in [3.05, 3.63) is 23.8 Å². The summed E-state index contributed by atoms with van der Waals surface area (Å²) in [4.78, 5) is 12.3. The van der Waals surface area contributed by atoms with Crippen molar-refractivity contribution in [3.8, 4) is 5.75 Å². The van der Waals surface area contributed by atoms with Gasteiger partial charge in [-0.25, -0.2) is 8.42 Å². The number of amides is 1. The quantitative estimate of drug-likeness (QED) is 0.744. The fourth-order valence-electron chi connectivity index (χ4n) is 2.95. The molecule has 1 fully saturated rings. The SMILES string of the molecule is CCOc1ccc(S(=O)(=O)N2CCC[C@H](C(=O)NCCO)C2)cc1C.